The summed E-state index contributed by atoms with van der Waals surface area (Å²) in [5.41, 5.74) is 0.719. The molecule has 1 N–H and O–H groups in total. The molecule has 24 heavy (non-hydrogen) atoms. The predicted molar refractivity (Wildman–Crippen MR) is 90.8 cm³/mol. The maximum atomic E-state index is 13.2. The number of hydrogen-bond acceptors (Lipinski definition) is 3. The first-order chi connectivity index (χ1) is 11.6. The van der Waals surface area contributed by atoms with Crippen molar-refractivity contribution in [3.8, 4) is 0 Å². The number of likely N-dealkylation sites (tertiary alicyclic amines) is 1. The number of nitrogens with one attached hydrogen (secondary N) is 1. The lowest BCUT2D eigenvalue weighted by atomic mass is 9.87. The fraction of sp³-hybridized carbons (Fsp3) is 0.333. The lowest BCUT2D eigenvalue weighted by Crippen LogP contribution is -2.45. The van der Waals surface area contributed by atoms with Crippen molar-refractivity contribution in [3.63, 3.8) is 0 Å². The summed E-state index contributed by atoms with van der Waals surface area (Å²) in [7, 11) is 1.75. The molecule has 2 heterocycles. The van der Waals surface area contributed by atoms with Gasteiger partial charge in [-0.1, -0.05) is 18.2 Å². The van der Waals surface area contributed by atoms with Gasteiger partial charge in [0.05, 0.1) is 12.0 Å². The van der Waals surface area contributed by atoms with E-state index >= 15 is 0 Å². The Morgan fingerprint density at radius 3 is 2.92 bits per heavy atom. The lowest BCUT2D eigenvalue weighted by molar-refractivity contribution is -0.141. The van der Waals surface area contributed by atoms with Crippen molar-refractivity contribution in [2.75, 3.05) is 7.05 Å². The minimum absolute atomic E-state index is 0.0579. The summed E-state index contributed by atoms with van der Waals surface area (Å²) in [5.74, 6) is -0.652. The number of benzene rings is 1. The molecule has 1 aromatic heterocycles. The molecule has 1 saturated heterocycles. The largest absolute Gasteiger partial charge is 0.352 e. The van der Waals surface area contributed by atoms with Crippen LogP contribution in [0.3, 0.4) is 0 Å². The van der Waals surface area contributed by atoms with Crippen LogP contribution in [-0.2, 0) is 16.1 Å². The Balaban J connectivity index is 1.73. The summed E-state index contributed by atoms with van der Waals surface area (Å²) >= 11 is 1.55. The van der Waals surface area contributed by atoms with Gasteiger partial charge >= 0.3 is 0 Å². The van der Waals surface area contributed by atoms with Crippen LogP contribution in [0.2, 0.25) is 0 Å². The van der Waals surface area contributed by atoms with Gasteiger partial charge in [0.2, 0.25) is 11.8 Å². The normalized spacial score (nSPS) is 20.9. The predicted octanol–water partition coefficient (Wildman–Crippen LogP) is 3.11. The van der Waals surface area contributed by atoms with Crippen LogP contribution in [0.5, 0.6) is 0 Å². The molecule has 0 radical (unpaired) electrons. The van der Waals surface area contributed by atoms with Crippen molar-refractivity contribution in [3.05, 3.63) is 58.0 Å². The smallest absolute Gasteiger partial charge is 0.225 e. The highest BCUT2D eigenvalue weighted by Gasteiger charge is 2.39. The molecule has 6 heteroatoms. The molecule has 1 aliphatic heterocycles. The fourth-order valence-electron chi connectivity index (χ4n) is 3.13. The maximum Gasteiger partial charge on any atom is 0.225 e. The Morgan fingerprint density at radius 2 is 2.21 bits per heavy atom. The Labute approximate surface area is 144 Å². The Hall–Kier alpha value is -2.21. The van der Waals surface area contributed by atoms with Gasteiger partial charge in [-0.3, -0.25) is 9.59 Å². The van der Waals surface area contributed by atoms with Crippen LogP contribution in [0.1, 0.15) is 29.3 Å². The molecule has 4 nitrogen and oxygen atoms in total. The summed E-state index contributed by atoms with van der Waals surface area (Å²) in [6, 6.07) is 9.83. The topological polar surface area (TPSA) is 49.4 Å². The highest BCUT2D eigenvalue weighted by Crippen LogP contribution is 2.37. The Kier molecular flexibility index (Phi) is 4.94. The number of thiophene rings is 1. The molecule has 1 aliphatic rings. The second kappa shape index (κ2) is 7.13. The highest BCUT2D eigenvalue weighted by atomic mass is 32.1. The monoisotopic (exact) mass is 346 g/mol. The van der Waals surface area contributed by atoms with Crippen LogP contribution in [0, 0.1) is 11.7 Å². The van der Waals surface area contributed by atoms with Crippen molar-refractivity contribution < 1.29 is 14.0 Å². The van der Waals surface area contributed by atoms with E-state index in [2.05, 4.69) is 5.32 Å². The Bertz CT molecular complexity index is 732. The number of carbonyl (C=O) groups excluding carboxylic acids is 2. The molecule has 0 aliphatic carbocycles. The molecule has 0 unspecified atom stereocenters. The Morgan fingerprint density at radius 1 is 1.38 bits per heavy atom. The van der Waals surface area contributed by atoms with E-state index in [1.807, 2.05) is 17.5 Å². The summed E-state index contributed by atoms with van der Waals surface area (Å²) in [6.07, 6.45) is 0.900. The molecular weight excluding hydrogens is 327 g/mol. The molecule has 3 rings (SSSR count). The molecule has 126 valence electrons. The number of rotatable bonds is 4. The van der Waals surface area contributed by atoms with Gasteiger partial charge in [0.25, 0.3) is 0 Å². The van der Waals surface area contributed by atoms with Gasteiger partial charge in [-0.25, -0.2) is 4.39 Å². The molecule has 1 aromatic carbocycles. The minimum Gasteiger partial charge on any atom is -0.352 e. The quantitative estimate of drug-likeness (QED) is 0.925. The van der Waals surface area contributed by atoms with Crippen molar-refractivity contribution in [1.82, 2.24) is 10.2 Å². The average molecular weight is 346 g/mol. The minimum atomic E-state index is -0.318. The number of piperidine rings is 1. The molecule has 2 atom stereocenters. The first-order valence-corrected chi connectivity index (χ1v) is 8.75. The third-order valence-electron chi connectivity index (χ3n) is 4.39. The second-order valence-electron chi connectivity index (χ2n) is 5.96. The van der Waals surface area contributed by atoms with E-state index in [9.17, 15) is 14.0 Å². The summed E-state index contributed by atoms with van der Waals surface area (Å²) in [6.45, 7) is 0.280. The number of hydrogen-bond donors (Lipinski definition) is 1. The number of nitrogens with zero attached hydrogens (tertiary/aromatic N) is 1. The number of amides is 2. The molecule has 0 bridgehead atoms. The molecule has 2 amide bonds. The van der Waals surface area contributed by atoms with E-state index in [-0.39, 0.29) is 36.1 Å². The van der Waals surface area contributed by atoms with Gasteiger partial charge in [0.1, 0.15) is 5.82 Å². The number of carbonyl (C=O) groups is 2. The van der Waals surface area contributed by atoms with Crippen LogP contribution in [0.15, 0.2) is 41.8 Å². The summed E-state index contributed by atoms with van der Waals surface area (Å²) in [5, 5.41) is 4.83. The standard InChI is InChI=1S/C18H19FN2O2S/c1-21-16(22)8-7-14(17(21)15-6-3-9-24-15)18(23)20-11-12-4-2-5-13(19)10-12/h2-6,9-10,14,17H,7-8,11H2,1H3,(H,20,23)/t14-,17+/m0/s1. The van der Waals surface area contributed by atoms with Crippen LogP contribution >= 0.6 is 11.3 Å². The van der Waals surface area contributed by atoms with Crippen molar-refractivity contribution in [1.29, 1.82) is 0 Å². The maximum absolute atomic E-state index is 13.2. The SMILES string of the molecule is CN1C(=O)CC[C@H](C(=O)NCc2cccc(F)c2)[C@@H]1c1cccs1. The zero-order chi connectivity index (χ0) is 17.1. The van der Waals surface area contributed by atoms with Crippen LogP contribution < -0.4 is 5.32 Å². The van der Waals surface area contributed by atoms with Gasteiger partial charge in [-0.15, -0.1) is 11.3 Å². The molecular formula is C18H19FN2O2S. The van der Waals surface area contributed by atoms with Crippen molar-refractivity contribution >= 4 is 23.2 Å². The third-order valence-corrected chi connectivity index (χ3v) is 5.33. The molecule has 1 fully saturated rings. The number of halogens is 1. The van der Waals surface area contributed by atoms with E-state index in [1.165, 1.54) is 12.1 Å². The molecule has 0 spiro atoms. The summed E-state index contributed by atoms with van der Waals surface area (Å²) < 4.78 is 13.2. The van der Waals surface area contributed by atoms with E-state index in [0.29, 0.717) is 12.8 Å². The van der Waals surface area contributed by atoms with Crippen molar-refractivity contribution in [2.45, 2.75) is 25.4 Å². The van der Waals surface area contributed by atoms with Gasteiger partial charge < -0.3 is 10.2 Å². The van der Waals surface area contributed by atoms with E-state index < -0.39 is 0 Å². The van der Waals surface area contributed by atoms with Crippen molar-refractivity contribution in [2.24, 2.45) is 5.92 Å². The molecule has 2 aromatic rings. The lowest BCUT2D eigenvalue weighted by Gasteiger charge is -2.37. The third kappa shape index (κ3) is 3.48. The van der Waals surface area contributed by atoms with Gasteiger partial charge in [0, 0.05) is 24.9 Å². The fourth-order valence-corrected chi connectivity index (χ4v) is 4.06. The van der Waals surface area contributed by atoms with Gasteiger partial charge in [-0.2, -0.15) is 0 Å². The van der Waals surface area contributed by atoms with Gasteiger partial charge in [0.15, 0.2) is 0 Å². The van der Waals surface area contributed by atoms with E-state index in [4.69, 9.17) is 0 Å². The van der Waals surface area contributed by atoms with Gasteiger partial charge in [-0.05, 0) is 35.6 Å². The second-order valence-corrected chi connectivity index (χ2v) is 6.94. The van der Waals surface area contributed by atoms with E-state index in [0.717, 1.165) is 10.4 Å². The first kappa shape index (κ1) is 16.6. The van der Waals surface area contributed by atoms with Crippen LogP contribution in [0.25, 0.3) is 0 Å². The first-order valence-electron chi connectivity index (χ1n) is 7.87. The van der Waals surface area contributed by atoms with Crippen LogP contribution in [0.4, 0.5) is 4.39 Å². The van der Waals surface area contributed by atoms with Crippen LogP contribution in [-0.4, -0.2) is 23.8 Å². The van der Waals surface area contributed by atoms with E-state index in [1.54, 1.807) is 35.4 Å². The molecule has 0 saturated carbocycles. The zero-order valence-corrected chi connectivity index (χ0v) is 14.2. The average Bonchev–Trinajstić information content (AvgIpc) is 3.09. The zero-order valence-electron chi connectivity index (χ0n) is 13.4. The summed E-state index contributed by atoms with van der Waals surface area (Å²) in [4.78, 5) is 27.4. The highest BCUT2D eigenvalue weighted by molar-refractivity contribution is 7.10.